The van der Waals surface area contributed by atoms with Crippen molar-refractivity contribution in [1.29, 1.82) is 0 Å². The van der Waals surface area contributed by atoms with E-state index in [-0.39, 0.29) is 29.1 Å². The first-order valence-electron chi connectivity index (χ1n) is 11.8. The van der Waals surface area contributed by atoms with E-state index in [0.717, 1.165) is 43.4 Å². The Morgan fingerprint density at radius 2 is 2.15 bits per heavy atom. The molecule has 2 aromatic rings. The molecule has 1 N–H and O–H groups in total. The van der Waals surface area contributed by atoms with Crippen LogP contribution < -0.4 is 10.1 Å². The SMILES string of the molecule is C/C(=C\C=N/N(C=O)C1CC1)NC(=O)c1cn2cc(C34COC(C)(C3)C4)nc2cc1OC(C)C. The van der Waals surface area contributed by atoms with Gasteiger partial charge in [-0.2, -0.15) is 5.10 Å². The molecule has 9 heteroatoms. The van der Waals surface area contributed by atoms with E-state index in [9.17, 15) is 9.59 Å². The van der Waals surface area contributed by atoms with E-state index in [2.05, 4.69) is 17.3 Å². The fourth-order valence-electron chi connectivity index (χ4n) is 5.00. The molecule has 2 saturated carbocycles. The lowest BCUT2D eigenvalue weighted by Crippen LogP contribution is -2.45. The van der Waals surface area contributed by atoms with Gasteiger partial charge in [-0.1, -0.05) is 0 Å². The third-order valence-corrected chi connectivity index (χ3v) is 6.69. The number of aromatic nitrogens is 2. The van der Waals surface area contributed by atoms with Crippen LogP contribution in [0.1, 0.15) is 69.4 Å². The zero-order valence-electron chi connectivity index (χ0n) is 20.1. The van der Waals surface area contributed by atoms with Crippen molar-refractivity contribution >= 4 is 24.2 Å². The van der Waals surface area contributed by atoms with E-state index in [1.807, 2.05) is 30.5 Å². The summed E-state index contributed by atoms with van der Waals surface area (Å²) in [5, 5.41) is 8.43. The molecule has 2 aromatic heterocycles. The van der Waals surface area contributed by atoms with E-state index >= 15 is 0 Å². The van der Waals surface area contributed by atoms with E-state index in [1.54, 1.807) is 19.2 Å². The van der Waals surface area contributed by atoms with Crippen molar-refractivity contribution < 1.29 is 19.1 Å². The molecule has 6 rings (SSSR count). The number of ether oxygens (including phenoxy) is 2. The summed E-state index contributed by atoms with van der Waals surface area (Å²) in [6, 6.07) is 2.02. The average Bonchev–Trinajstić information content (AvgIpc) is 3.29. The Bertz CT molecular complexity index is 1190. The smallest absolute Gasteiger partial charge is 0.260 e. The van der Waals surface area contributed by atoms with Crippen molar-refractivity contribution in [3.8, 4) is 5.75 Å². The normalized spacial score (nSPS) is 26.2. The quantitative estimate of drug-likeness (QED) is 0.349. The molecule has 2 bridgehead atoms. The highest BCUT2D eigenvalue weighted by atomic mass is 16.5. The Kier molecular flexibility index (Phi) is 5.47. The van der Waals surface area contributed by atoms with Gasteiger partial charge in [0.05, 0.1) is 35.6 Å². The minimum absolute atomic E-state index is 0.0265. The Labute approximate surface area is 198 Å². The second-order valence-corrected chi connectivity index (χ2v) is 10.3. The lowest BCUT2D eigenvalue weighted by atomic mass is 9.62. The number of pyridine rings is 1. The minimum atomic E-state index is -0.289. The van der Waals surface area contributed by atoms with Gasteiger partial charge in [0.25, 0.3) is 5.91 Å². The van der Waals surface area contributed by atoms with E-state index in [4.69, 9.17) is 14.5 Å². The number of amides is 2. The molecule has 2 aliphatic heterocycles. The standard InChI is InChI=1S/C25H31N5O4/c1-16(2)34-20-9-22-28-21(25-12-24(4,13-25)33-14-25)11-29(22)10-19(20)23(32)27-17(3)7-8-26-30(15-31)18-5-6-18/h7-11,15-16,18H,5-6,12-14H2,1-4H3,(H,27,32)/b17-7+,26-8-. The predicted octanol–water partition coefficient (Wildman–Crippen LogP) is 3.18. The van der Waals surface area contributed by atoms with Crippen LogP contribution in [-0.2, 0) is 14.9 Å². The number of hydrogen-bond donors (Lipinski definition) is 1. The van der Waals surface area contributed by atoms with Crippen LogP contribution in [0.25, 0.3) is 5.65 Å². The highest BCUT2D eigenvalue weighted by molar-refractivity contribution is 5.98. The third-order valence-electron chi connectivity index (χ3n) is 6.69. The molecule has 0 aromatic carbocycles. The highest BCUT2D eigenvalue weighted by Gasteiger charge is 2.61. The summed E-state index contributed by atoms with van der Waals surface area (Å²) in [4.78, 5) is 29.1. The molecule has 4 heterocycles. The average molecular weight is 466 g/mol. The number of allylic oxidation sites excluding steroid dienone is 2. The van der Waals surface area contributed by atoms with Gasteiger partial charge < -0.3 is 19.2 Å². The Morgan fingerprint density at radius 1 is 1.38 bits per heavy atom. The number of carbonyl (C=O) groups is 2. The van der Waals surface area contributed by atoms with Gasteiger partial charge in [0.2, 0.25) is 6.41 Å². The summed E-state index contributed by atoms with van der Waals surface area (Å²) < 4.78 is 13.8. The molecule has 2 aliphatic carbocycles. The van der Waals surface area contributed by atoms with E-state index < -0.39 is 0 Å². The number of nitrogens with one attached hydrogen (secondary N) is 1. The Balaban J connectivity index is 1.38. The molecule has 2 saturated heterocycles. The van der Waals surface area contributed by atoms with E-state index in [1.165, 1.54) is 11.2 Å². The first-order chi connectivity index (χ1) is 16.2. The molecule has 0 atom stereocenters. The lowest BCUT2D eigenvalue weighted by Gasteiger charge is -2.41. The van der Waals surface area contributed by atoms with Crippen LogP contribution in [0.15, 0.2) is 35.3 Å². The van der Waals surface area contributed by atoms with Crippen LogP contribution in [0.2, 0.25) is 0 Å². The lowest BCUT2D eigenvalue weighted by molar-refractivity contribution is -0.118. The summed E-state index contributed by atoms with van der Waals surface area (Å²) in [5.41, 5.74) is 2.70. The van der Waals surface area contributed by atoms with Crippen molar-refractivity contribution in [3.63, 3.8) is 0 Å². The summed E-state index contributed by atoms with van der Waals surface area (Å²) in [5.74, 6) is 0.195. The number of hydrazone groups is 1. The van der Waals surface area contributed by atoms with Gasteiger partial charge >= 0.3 is 0 Å². The monoisotopic (exact) mass is 465 g/mol. The van der Waals surface area contributed by atoms with Crippen LogP contribution in [0.4, 0.5) is 0 Å². The highest BCUT2D eigenvalue weighted by Crippen LogP contribution is 2.58. The molecule has 180 valence electrons. The summed E-state index contributed by atoms with van der Waals surface area (Å²) in [6.45, 7) is 8.45. The number of hydrogen-bond acceptors (Lipinski definition) is 6. The van der Waals surface area contributed by atoms with Gasteiger partial charge in [-0.3, -0.25) is 9.59 Å². The summed E-state index contributed by atoms with van der Waals surface area (Å²) >= 11 is 0. The minimum Gasteiger partial charge on any atom is -0.490 e. The van der Waals surface area contributed by atoms with Crippen molar-refractivity contribution in [2.45, 2.75) is 76.5 Å². The maximum atomic E-state index is 13.2. The second kappa shape index (κ2) is 8.23. The Hall–Kier alpha value is -3.20. The van der Waals surface area contributed by atoms with Crippen LogP contribution >= 0.6 is 0 Å². The number of fused-ring (bicyclic) bond motifs is 2. The van der Waals surface area contributed by atoms with E-state index in [0.29, 0.717) is 23.6 Å². The largest absolute Gasteiger partial charge is 0.490 e. The van der Waals surface area contributed by atoms with Gasteiger partial charge in [0.15, 0.2) is 0 Å². The van der Waals surface area contributed by atoms with Crippen molar-refractivity contribution in [2.24, 2.45) is 5.10 Å². The molecule has 0 spiro atoms. The molecule has 4 fully saturated rings. The summed E-state index contributed by atoms with van der Waals surface area (Å²) in [7, 11) is 0. The van der Waals surface area contributed by atoms with Crippen molar-refractivity contribution in [1.82, 2.24) is 19.7 Å². The Morgan fingerprint density at radius 3 is 2.76 bits per heavy atom. The van der Waals surface area contributed by atoms with Crippen molar-refractivity contribution in [2.75, 3.05) is 6.61 Å². The number of rotatable bonds is 9. The zero-order chi connectivity index (χ0) is 24.1. The molecule has 0 radical (unpaired) electrons. The first-order valence-corrected chi connectivity index (χ1v) is 11.8. The first kappa shape index (κ1) is 22.6. The van der Waals surface area contributed by atoms with Crippen LogP contribution in [0, 0.1) is 0 Å². The molecule has 9 nitrogen and oxygen atoms in total. The van der Waals surface area contributed by atoms with Crippen LogP contribution in [-0.4, -0.2) is 57.3 Å². The molecule has 4 aliphatic rings. The van der Waals surface area contributed by atoms with Gasteiger partial charge in [0, 0.05) is 35.8 Å². The maximum Gasteiger partial charge on any atom is 0.260 e. The second-order valence-electron chi connectivity index (χ2n) is 10.3. The molecule has 2 amide bonds. The van der Waals surface area contributed by atoms with Gasteiger partial charge in [0.1, 0.15) is 11.4 Å². The number of nitrogens with zero attached hydrogens (tertiary/aromatic N) is 4. The fraction of sp³-hybridized carbons (Fsp3) is 0.520. The third kappa shape index (κ3) is 4.20. The molecular formula is C25H31N5O4. The summed E-state index contributed by atoms with van der Waals surface area (Å²) in [6.07, 6.45) is 11.5. The molecular weight excluding hydrogens is 434 g/mol. The van der Waals surface area contributed by atoms with Crippen LogP contribution in [0.3, 0.4) is 0 Å². The number of carbonyl (C=O) groups excluding carboxylic acids is 2. The topological polar surface area (TPSA) is 97.5 Å². The van der Waals surface area contributed by atoms with Gasteiger partial charge in [-0.05, 0) is 59.5 Å². The van der Waals surface area contributed by atoms with Crippen LogP contribution in [0.5, 0.6) is 5.75 Å². The molecule has 0 unspecified atom stereocenters. The van der Waals surface area contributed by atoms with Crippen molar-refractivity contribution in [3.05, 3.63) is 41.5 Å². The maximum absolute atomic E-state index is 13.2. The van der Waals surface area contributed by atoms with Gasteiger partial charge in [-0.25, -0.2) is 9.99 Å². The molecule has 34 heavy (non-hydrogen) atoms. The number of imidazole rings is 1. The van der Waals surface area contributed by atoms with Gasteiger partial charge in [-0.15, -0.1) is 0 Å². The zero-order valence-corrected chi connectivity index (χ0v) is 20.1. The fourth-order valence-corrected chi connectivity index (χ4v) is 5.00. The predicted molar refractivity (Wildman–Crippen MR) is 127 cm³/mol.